The summed E-state index contributed by atoms with van der Waals surface area (Å²) >= 11 is 0. The number of nitrogens with zero attached hydrogens (tertiary/aromatic N) is 1. The number of likely N-dealkylation sites (N-methyl/N-ethyl adjacent to an activating group) is 1. The van der Waals surface area contributed by atoms with Gasteiger partial charge >= 0.3 is 0 Å². The lowest BCUT2D eigenvalue weighted by Crippen LogP contribution is -2.50. The van der Waals surface area contributed by atoms with Gasteiger partial charge in [-0.15, -0.1) is 0 Å². The molecule has 0 spiro atoms. The molecule has 0 aromatic carbocycles. The number of ether oxygens (including phenoxy) is 1. The van der Waals surface area contributed by atoms with Crippen molar-refractivity contribution in [3.63, 3.8) is 0 Å². The molecule has 2 atom stereocenters. The first-order valence-corrected chi connectivity index (χ1v) is 7.68. The third-order valence-electron chi connectivity index (χ3n) is 4.37. The standard InChI is InChI=1S/C15H30N2O/c1-12(2)16-10-14-6-7-15(14)17(3)8-9-18-11-13-4-5-13/h12-16H,4-11H2,1-3H3. The van der Waals surface area contributed by atoms with E-state index in [1.54, 1.807) is 0 Å². The van der Waals surface area contributed by atoms with E-state index in [1.807, 2.05) is 0 Å². The molecule has 2 fully saturated rings. The van der Waals surface area contributed by atoms with E-state index >= 15 is 0 Å². The second-order valence-corrected chi connectivity index (χ2v) is 6.47. The maximum Gasteiger partial charge on any atom is 0.0593 e. The van der Waals surface area contributed by atoms with Crippen LogP contribution in [0.25, 0.3) is 0 Å². The van der Waals surface area contributed by atoms with Crippen LogP contribution in [0.2, 0.25) is 0 Å². The normalized spacial score (nSPS) is 27.8. The van der Waals surface area contributed by atoms with Gasteiger partial charge in [0.15, 0.2) is 0 Å². The predicted octanol–water partition coefficient (Wildman–Crippen LogP) is 2.12. The van der Waals surface area contributed by atoms with Crippen molar-refractivity contribution >= 4 is 0 Å². The average molecular weight is 254 g/mol. The van der Waals surface area contributed by atoms with Gasteiger partial charge in [-0.25, -0.2) is 0 Å². The third kappa shape index (κ3) is 4.52. The topological polar surface area (TPSA) is 24.5 Å². The van der Waals surface area contributed by atoms with Crippen LogP contribution in [0.15, 0.2) is 0 Å². The van der Waals surface area contributed by atoms with Crippen LogP contribution in [0.5, 0.6) is 0 Å². The molecule has 2 rings (SSSR count). The number of hydrogen-bond acceptors (Lipinski definition) is 3. The monoisotopic (exact) mass is 254 g/mol. The van der Waals surface area contributed by atoms with Crippen LogP contribution in [0.4, 0.5) is 0 Å². The van der Waals surface area contributed by atoms with Crippen LogP contribution in [-0.2, 0) is 4.74 Å². The second kappa shape index (κ2) is 6.88. The number of hydrogen-bond donors (Lipinski definition) is 1. The van der Waals surface area contributed by atoms with E-state index in [0.29, 0.717) is 6.04 Å². The molecule has 0 aliphatic heterocycles. The van der Waals surface area contributed by atoms with Crippen molar-refractivity contribution < 1.29 is 4.74 Å². The summed E-state index contributed by atoms with van der Waals surface area (Å²) in [5.41, 5.74) is 0. The molecule has 2 unspecified atom stereocenters. The molecular formula is C15H30N2O. The smallest absolute Gasteiger partial charge is 0.0593 e. The maximum absolute atomic E-state index is 5.72. The molecule has 0 bridgehead atoms. The van der Waals surface area contributed by atoms with Crippen LogP contribution >= 0.6 is 0 Å². The van der Waals surface area contributed by atoms with Crippen LogP contribution in [0.3, 0.4) is 0 Å². The Kier molecular flexibility index (Phi) is 5.46. The Morgan fingerprint density at radius 2 is 2.00 bits per heavy atom. The molecule has 3 heteroatoms. The lowest BCUT2D eigenvalue weighted by Gasteiger charge is -2.43. The second-order valence-electron chi connectivity index (χ2n) is 6.47. The van der Waals surface area contributed by atoms with Gasteiger partial charge in [0.1, 0.15) is 0 Å². The van der Waals surface area contributed by atoms with Gasteiger partial charge in [-0.05, 0) is 51.1 Å². The molecule has 106 valence electrons. The Balaban J connectivity index is 1.54. The van der Waals surface area contributed by atoms with E-state index in [-0.39, 0.29) is 0 Å². The first-order chi connectivity index (χ1) is 8.66. The fourth-order valence-corrected chi connectivity index (χ4v) is 2.67. The van der Waals surface area contributed by atoms with Crippen molar-refractivity contribution in [2.75, 3.05) is 33.4 Å². The summed E-state index contributed by atoms with van der Waals surface area (Å²) < 4.78 is 5.72. The highest BCUT2D eigenvalue weighted by molar-refractivity contribution is 4.89. The molecule has 0 saturated heterocycles. The highest BCUT2D eigenvalue weighted by Gasteiger charge is 2.33. The molecule has 2 saturated carbocycles. The first kappa shape index (κ1) is 14.3. The summed E-state index contributed by atoms with van der Waals surface area (Å²) in [6, 6.07) is 1.39. The summed E-state index contributed by atoms with van der Waals surface area (Å²) in [6.45, 7) is 8.63. The maximum atomic E-state index is 5.72. The quantitative estimate of drug-likeness (QED) is 0.638. The Bertz CT molecular complexity index is 241. The zero-order valence-corrected chi connectivity index (χ0v) is 12.3. The molecule has 0 aromatic heterocycles. The summed E-state index contributed by atoms with van der Waals surface area (Å²) in [5, 5.41) is 3.56. The predicted molar refractivity (Wildman–Crippen MR) is 75.8 cm³/mol. The minimum absolute atomic E-state index is 0.610. The number of nitrogens with one attached hydrogen (secondary N) is 1. The molecule has 2 aliphatic rings. The fourth-order valence-electron chi connectivity index (χ4n) is 2.67. The Hall–Kier alpha value is -0.120. The lowest BCUT2D eigenvalue weighted by molar-refractivity contribution is 0.0436. The molecule has 0 radical (unpaired) electrons. The van der Waals surface area contributed by atoms with Crippen molar-refractivity contribution in [2.24, 2.45) is 11.8 Å². The van der Waals surface area contributed by atoms with E-state index in [1.165, 1.54) is 32.2 Å². The van der Waals surface area contributed by atoms with Crippen LogP contribution in [-0.4, -0.2) is 50.3 Å². The summed E-state index contributed by atoms with van der Waals surface area (Å²) in [7, 11) is 2.26. The summed E-state index contributed by atoms with van der Waals surface area (Å²) in [6.07, 6.45) is 5.53. The van der Waals surface area contributed by atoms with Gasteiger partial charge < -0.3 is 15.0 Å². The first-order valence-electron chi connectivity index (χ1n) is 7.68. The van der Waals surface area contributed by atoms with E-state index in [2.05, 4.69) is 31.1 Å². The molecular weight excluding hydrogens is 224 g/mol. The lowest BCUT2D eigenvalue weighted by atomic mass is 9.78. The third-order valence-corrected chi connectivity index (χ3v) is 4.37. The van der Waals surface area contributed by atoms with Gasteiger partial charge in [0, 0.05) is 25.2 Å². The molecule has 3 nitrogen and oxygen atoms in total. The molecule has 2 aliphatic carbocycles. The molecule has 0 aromatic rings. The summed E-state index contributed by atoms with van der Waals surface area (Å²) in [4.78, 5) is 2.50. The van der Waals surface area contributed by atoms with Gasteiger partial charge in [-0.2, -0.15) is 0 Å². The van der Waals surface area contributed by atoms with Crippen molar-refractivity contribution in [3.05, 3.63) is 0 Å². The van der Waals surface area contributed by atoms with Gasteiger partial charge in [0.25, 0.3) is 0 Å². The SMILES string of the molecule is CC(C)NCC1CCC1N(C)CCOCC1CC1. The summed E-state index contributed by atoms with van der Waals surface area (Å²) in [5.74, 6) is 1.74. The van der Waals surface area contributed by atoms with E-state index in [9.17, 15) is 0 Å². The van der Waals surface area contributed by atoms with Crippen LogP contribution in [0.1, 0.15) is 39.5 Å². The molecule has 0 amide bonds. The fraction of sp³-hybridized carbons (Fsp3) is 1.00. The van der Waals surface area contributed by atoms with Crippen molar-refractivity contribution in [3.8, 4) is 0 Å². The van der Waals surface area contributed by atoms with Gasteiger partial charge in [0.2, 0.25) is 0 Å². The molecule has 0 heterocycles. The zero-order valence-electron chi connectivity index (χ0n) is 12.3. The average Bonchev–Trinajstić information content (AvgIpc) is 3.06. The Labute approximate surface area is 112 Å². The highest BCUT2D eigenvalue weighted by atomic mass is 16.5. The zero-order chi connectivity index (χ0) is 13.0. The van der Waals surface area contributed by atoms with Crippen LogP contribution < -0.4 is 5.32 Å². The van der Waals surface area contributed by atoms with Gasteiger partial charge in [-0.1, -0.05) is 13.8 Å². The Morgan fingerprint density at radius 3 is 2.56 bits per heavy atom. The minimum atomic E-state index is 0.610. The molecule has 18 heavy (non-hydrogen) atoms. The van der Waals surface area contributed by atoms with E-state index < -0.39 is 0 Å². The largest absolute Gasteiger partial charge is 0.380 e. The van der Waals surface area contributed by atoms with Crippen molar-refractivity contribution in [2.45, 2.75) is 51.6 Å². The van der Waals surface area contributed by atoms with Gasteiger partial charge in [0.05, 0.1) is 6.61 Å². The highest BCUT2D eigenvalue weighted by Crippen LogP contribution is 2.31. The number of rotatable bonds is 9. The van der Waals surface area contributed by atoms with Crippen molar-refractivity contribution in [1.82, 2.24) is 10.2 Å². The molecule has 1 N–H and O–H groups in total. The minimum Gasteiger partial charge on any atom is -0.380 e. The van der Waals surface area contributed by atoms with E-state index in [4.69, 9.17) is 4.74 Å². The van der Waals surface area contributed by atoms with Crippen LogP contribution in [0, 0.1) is 11.8 Å². The Morgan fingerprint density at radius 1 is 1.22 bits per heavy atom. The van der Waals surface area contributed by atoms with Crippen molar-refractivity contribution in [1.29, 1.82) is 0 Å². The van der Waals surface area contributed by atoms with E-state index in [0.717, 1.165) is 37.6 Å². The van der Waals surface area contributed by atoms with Gasteiger partial charge in [-0.3, -0.25) is 0 Å².